The van der Waals surface area contributed by atoms with Gasteiger partial charge in [-0.25, -0.2) is 0 Å². The fourth-order valence-corrected chi connectivity index (χ4v) is 3.85. The molecule has 2 atom stereocenters. The van der Waals surface area contributed by atoms with Crippen LogP contribution in [0.2, 0.25) is 0 Å². The van der Waals surface area contributed by atoms with Crippen molar-refractivity contribution in [2.45, 2.75) is 38.8 Å². The van der Waals surface area contributed by atoms with Crippen molar-refractivity contribution in [2.75, 3.05) is 46.4 Å². The van der Waals surface area contributed by atoms with Gasteiger partial charge < -0.3 is 20.1 Å². The van der Waals surface area contributed by atoms with Crippen LogP contribution in [-0.2, 0) is 4.74 Å². The molecule has 1 fully saturated rings. The van der Waals surface area contributed by atoms with Gasteiger partial charge in [0.15, 0.2) is 5.96 Å². The molecule has 0 saturated carbocycles. The Bertz CT molecular complexity index is 641. The van der Waals surface area contributed by atoms with Gasteiger partial charge in [0.05, 0.1) is 19.3 Å². The van der Waals surface area contributed by atoms with Gasteiger partial charge in [0, 0.05) is 45.2 Å². The lowest BCUT2D eigenvalue weighted by Gasteiger charge is -2.38. The van der Waals surface area contributed by atoms with E-state index >= 15 is 0 Å². The molecular weight excluding hydrogens is 340 g/mol. The van der Waals surface area contributed by atoms with Crippen LogP contribution in [0.1, 0.15) is 38.8 Å². The van der Waals surface area contributed by atoms with Crippen LogP contribution in [0.5, 0.6) is 5.75 Å². The zero-order valence-corrected chi connectivity index (χ0v) is 17.1. The van der Waals surface area contributed by atoms with Crippen LogP contribution in [0.4, 0.5) is 0 Å². The summed E-state index contributed by atoms with van der Waals surface area (Å²) in [7, 11) is 1.83. The maximum Gasteiger partial charge on any atom is 0.191 e. The molecular formula is C21H34N4O2. The number of morpholine rings is 1. The lowest BCUT2D eigenvalue weighted by atomic mass is 9.90. The number of fused-ring (bicyclic) bond motifs is 1. The first kappa shape index (κ1) is 20.0. The number of hydrogen-bond donors (Lipinski definition) is 2. The monoisotopic (exact) mass is 374 g/mol. The van der Waals surface area contributed by atoms with E-state index in [-0.39, 0.29) is 11.6 Å². The Hall–Kier alpha value is -1.79. The second-order valence-electron chi connectivity index (χ2n) is 8.27. The molecule has 2 N–H and O–H groups in total. The Kier molecular flexibility index (Phi) is 6.60. The summed E-state index contributed by atoms with van der Waals surface area (Å²) in [4.78, 5) is 6.92. The first-order valence-corrected chi connectivity index (χ1v) is 10.0. The third kappa shape index (κ3) is 5.59. The number of ether oxygens (including phenoxy) is 2. The Morgan fingerprint density at radius 2 is 2.04 bits per heavy atom. The molecule has 0 amide bonds. The van der Waals surface area contributed by atoms with Crippen LogP contribution in [0.15, 0.2) is 29.3 Å². The third-order valence-corrected chi connectivity index (χ3v) is 5.20. The van der Waals surface area contributed by atoms with Gasteiger partial charge in [-0.3, -0.25) is 9.89 Å². The second-order valence-corrected chi connectivity index (χ2v) is 8.27. The number of guanidine groups is 1. The fourth-order valence-electron chi connectivity index (χ4n) is 3.85. The SMILES string of the molecule is CN=C(NCC(C)CN1CCOCC1)NC1CC(C)(C)Oc2ccccc21. The van der Waals surface area contributed by atoms with Gasteiger partial charge in [-0.15, -0.1) is 0 Å². The summed E-state index contributed by atoms with van der Waals surface area (Å²) in [6.45, 7) is 12.3. The zero-order valence-electron chi connectivity index (χ0n) is 17.1. The number of nitrogens with zero attached hydrogens (tertiary/aromatic N) is 2. The Morgan fingerprint density at radius 3 is 2.78 bits per heavy atom. The van der Waals surface area contributed by atoms with Crippen molar-refractivity contribution in [2.24, 2.45) is 10.9 Å². The zero-order chi connectivity index (χ0) is 19.3. The average Bonchev–Trinajstić information content (AvgIpc) is 2.65. The Morgan fingerprint density at radius 1 is 1.30 bits per heavy atom. The van der Waals surface area contributed by atoms with Gasteiger partial charge in [0.1, 0.15) is 11.4 Å². The van der Waals surface area contributed by atoms with E-state index in [0.29, 0.717) is 5.92 Å². The highest BCUT2D eigenvalue weighted by atomic mass is 16.5. The average molecular weight is 375 g/mol. The maximum absolute atomic E-state index is 6.13. The topological polar surface area (TPSA) is 58.1 Å². The number of nitrogens with one attached hydrogen (secondary N) is 2. The molecule has 0 radical (unpaired) electrons. The number of para-hydroxylation sites is 1. The summed E-state index contributed by atoms with van der Waals surface area (Å²) in [5, 5.41) is 7.11. The van der Waals surface area contributed by atoms with E-state index in [9.17, 15) is 0 Å². The lowest BCUT2D eigenvalue weighted by Crippen LogP contribution is -2.47. The van der Waals surface area contributed by atoms with Gasteiger partial charge in [0.2, 0.25) is 0 Å². The molecule has 150 valence electrons. The lowest BCUT2D eigenvalue weighted by molar-refractivity contribution is 0.0320. The summed E-state index contributed by atoms with van der Waals surface area (Å²) < 4.78 is 11.6. The highest BCUT2D eigenvalue weighted by Crippen LogP contribution is 2.39. The highest BCUT2D eigenvalue weighted by molar-refractivity contribution is 5.80. The van der Waals surface area contributed by atoms with Crippen molar-refractivity contribution in [1.29, 1.82) is 0 Å². The van der Waals surface area contributed by atoms with E-state index < -0.39 is 0 Å². The standard InChI is InChI=1S/C21H34N4O2/c1-16(15-25-9-11-26-12-10-25)14-23-20(22-4)24-18-13-21(2,3)27-19-8-6-5-7-17(18)19/h5-8,16,18H,9-15H2,1-4H3,(H2,22,23,24). The Balaban J connectivity index is 1.55. The Labute approximate surface area is 163 Å². The molecule has 2 heterocycles. The van der Waals surface area contributed by atoms with Crippen molar-refractivity contribution in [3.63, 3.8) is 0 Å². The molecule has 27 heavy (non-hydrogen) atoms. The smallest absolute Gasteiger partial charge is 0.191 e. The van der Waals surface area contributed by atoms with Gasteiger partial charge in [-0.05, 0) is 25.8 Å². The summed E-state index contributed by atoms with van der Waals surface area (Å²) in [5.74, 6) is 2.35. The van der Waals surface area contributed by atoms with Gasteiger partial charge in [-0.2, -0.15) is 0 Å². The van der Waals surface area contributed by atoms with E-state index in [0.717, 1.165) is 57.5 Å². The normalized spacial score (nSPS) is 23.9. The number of benzene rings is 1. The van der Waals surface area contributed by atoms with Crippen molar-refractivity contribution in [1.82, 2.24) is 15.5 Å². The van der Waals surface area contributed by atoms with E-state index in [4.69, 9.17) is 9.47 Å². The van der Waals surface area contributed by atoms with Crippen LogP contribution >= 0.6 is 0 Å². The minimum atomic E-state index is -0.200. The molecule has 6 heteroatoms. The van der Waals surface area contributed by atoms with Crippen LogP contribution in [-0.4, -0.2) is 62.9 Å². The van der Waals surface area contributed by atoms with E-state index in [1.54, 1.807) is 0 Å². The molecule has 1 aromatic rings. The predicted molar refractivity (Wildman–Crippen MR) is 109 cm³/mol. The summed E-state index contributed by atoms with van der Waals surface area (Å²) in [5.41, 5.74) is 0.996. The van der Waals surface area contributed by atoms with Gasteiger partial charge >= 0.3 is 0 Å². The quantitative estimate of drug-likeness (QED) is 0.612. The number of hydrogen-bond acceptors (Lipinski definition) is 4. The first-order chi connectivity index (χ1) is 13.0. The second kappa shape index (κ2) is 8.93. The van der Waals surface area contributed by atoms with Crippen molar-refractivity contribution < 1.29 is 9.47 Å². The summed E-state index contributed by atoms with van der Waals surface area (Å²) in [6, 6.07) is 8.46. The summed E-state index contributed by atoms with van der Waals surface area (Å²) in [6.07, 6.45) is 0.897. The van der Waals surface area contributed by atoms with E-state index in [1.165, 1.54) is 5.56 Å². The molecule has 1 saturated heterocycles. The van der Waals surface area contributed by atoms with Crippen molar-refractivity contribution in [3.05, 3.63) is 29.8 Å². The number of rotatable bonds is 5. The van der Waals surface area contributed by atoms with E-state index in [2.05, 4.69) is 53.4 Å². The van der Waals surface area contributed by atoms with Gasteiger partial charge in [0.25, 0.3) is 0 Å². The minimum absolute atomic E-state index is 0.186. The molecule has 2 unspecified atom stereocenters. The molecule has 0 aromatic heterocycles. The van der Waals surface area contributed by atoms with Crippen molar-refractivity contribution >= 4 is 5.96 Å². The van der Waals surface area contributed by atoms with Crippen molar-refractivity contribution in [3.8, 4) is 5.75 Å². The summed E-state index contributed by atoms with van der Waals surface area (Å²) >= 11 is 0. The minimum Gasteiger partial charge on any atom is -0.487 e. The molecule has 0 bridgehead atoms. The highest BCUT2D eigenvalue weighted by Gasteiger charge is 2.34. The predicted octanol–water partition coefficient (Wildman–Crippen LogP) is 2.42. The van der Waals surface area contributed by atoms with Crippen LogP contribution in [0.25, 0.3) is 0 Å². The maximum atomic E-state index is 6.13. The fraction of sp³-hybridized carbons (Fsp3) is 0.667. The van der Waals surface area contributed by atoms with Crippen LogP contribution < -0.4 is 15.4 Å². The molecule has 0 spiro atoms. The molecule has 6 nitrogen and oxygen atoms in total. The molecule has 2 aliphatic heterocycles. The molecule has 2 aliphatic rings. The largest absolute Gasteiger partial charge is 0.487 e. The first-order valence-electron chi connectivity index (χ1n) is 10.0. The van der Waals surface area contributed by atoms with Crippen LogP contribution in [0.3, 0.4) is 0 Å². The van der Waals surface area contributed by atoms with Gasteiger partial charge in [-0.1, -0.05) is 25.1 Å². The molecule has 1 aromatic carbocycles. The number of aliphatic imine (C=N–C) groups is 1. The van der Waals surface area contributed by atoms with E-state index in [1.807, 2.05) is 19.2 Å². The third-order valence-electron chi connectivity index (χ3n) is 5.20. The molecule has 3 rings (SSSR count). The van der Waals surface area contributed by atoms with Crippen LogP contribution in [0, 0.1) is 5.92 Å². The molecule has 0 aliphatic carbocycles.